The van der Waals surface area contributed by atoms with Crippen LogP contribution in [0.2, 0.25) is 0 Å². The van der Waals surface area contributed by atoms with E-state index in [1.807, 2.05) is 32.0 Å². The minimum Gasteiger partial charge on any atom is -0.383 e. The largest absolute Gasteiger partial charge is 0.383 e. The van der Waals surface area contributed by atoms with Crippen LogP contribution >= 0.6 is 11.8 Å². The first-order valence-electron chi connectivity index (χ1n) is 5.63. The van der Waals surface area contributed by atoms with Gasteiger partial charge in [0.15, 0.2) is 0 Å². The number of nitrogens with zero attached hydrogens (tertiary/aromatic N) is 2. The van der Waals surface area contributed by atoms with Crippen LogP contribution in [0.3, 0.4) is 0 Å². The molecule has 6 heteroatoms. The number of anilines is 1. The van der Waals surface area contributed by atoms with Gasteiger partial charge in [-0.05, 0) is 37.1 Å². The molecule has 19 heavy (non-hydrogen) atoms. The van der Waals surface area contributed by atoms with Gasteiger partial charge in [0.1, 0.15) is 10.8 Å². The second kappa shape index (κ2) is 5.27. The summed E-state index contributed by atoms with van der Waals surface area (Å²) in [4.78, 5) is 15.4. The van der Waals surface area contributed by atoms with E-state index in [2.05, 4.69) is 4.98 Å². The van der Waals surface area contributed by atoms with Crippen LogP contribution in [0.15, 0.2) is 40.3 Å². The highest BCUT2D eigenvalue weighted by molar-refractivity contribution is 7.99. The van der Waals surface area contributed by atoms with E-state index in [0.29, 0.717) is 5.03 Å². The zero-order chi connectivity index (χ0) is 14.0. The molecular weight excluding hydrogens is 262 g/mol. The molecular formula is C13H13N3O2S. The first kappa shape index (κ1) is 13.4. The Morgan fingerprint density at radius 2 is 1.95 bits per heavy atom. The molecule has 0 radical (unpaired) electrons. The maximum absolute atomic E-state index is 10.8. The number of benzene rings is 1. The number of hydrogen-bond donors (Lipinski definition) is 1. The third kappa shape index (κ3) is 3.23. The molecule has 0 bridgehead atoms. The van der Waals surface area contributed by atoms with Gasteiger partial charge in [0.05, 0.1) is 11.0 Å². The first-order chi connectivity index (χ1) is 8.95. The Balaban J connectivity index is 2.32. The fourth-order valence-electron chi connectivity index (χ4n) is 1.57. The monoisotopic (exact) mass is 275 g/mol. The van der Waals surface area contributed by atoms with Gasteiger partial charge < -0.3 is 5.73 Å². The number of aromatic nitrogens is 1. The van der Waals surface area contributed by atoms with Crippen molar-refractivity contribution in [2.75, 3.05) is 5.73 Å². The molecule has 0 saturated carbocycles. The molecule has 0 spiro atoms. The van der Waals surface area contributed by atoms with Gasteiger partial charge in [0.2, 0.25) is 0 Å². The second-order valence-electron chi connectivity index (χ2n) is 4.19. The van der Waals surface area contributed by atoms with E-state index in [1.165, 1.54) is 35.0 Å². The van der Waals surface area contributed by atoms with Crippen LogP contribution in [-0.2, 0) is 0 Å². The van der Waals surface area contributed by atoms with Gasteiger partial charge in [-0.15, -0.1) is 0 Å². The number of nitro groups is 1. The lowest BCUT2D eigenvalue weighted by atomic mass is 10.1. The molecule has 1 heterocycles. The maximum Gasteiger partial charge on any atom is 0.275 e. The average Bonchev–Trinajstić information content (AvgIpc) is 2.33. The molecule has 0 saturated heterocycles. The summed E-state index contributed by atoms with van der Waals surface area (Å²) >= 11 is 1.36. The average molecular weight is 275 g/mol. The van der Waals surface area contributed by atoms with Crippen molar-refractivity contribution in [1.82, 2.24) is 4.98 Å². The fraction of sp³-hybridized carbons (Fsp3) is 0.154. The predicted octanol–water partition coefficient (Wildman–Crippen LogP) is 3.34. The molecule has 1 aromatic heterocycles. The Kier molecular flexibility index (Phi) is 3.71. The predicted molar refractivity (Wildman–Crippen MR) is 75.3 cm³/mol. The van der Waals surface area contributed by atoms with Crippen LogP contribution in [0.1, 0.15) is 11.1 Å². The summed E-state index contributed by atoms with van der Waals surface area (Å²) in [6.07, 6.45) is 0. The maximum atomic E-state index is 10.8. The van der Waals surface area contributed by atoms with Crippen molar-refractivity contribution in [3.05, 3.63) is 51.6 Å². The van der Waals surface area contributed by atoms with Crippen molar-refractivity contribution in [1.29, 1.82) is 0 Å². The third-order valence-corrected chi connectivity index (χ3v) is 3.63. The Morgan fingerprint density at radius 1 is 1.21 bits per heavy atom. The van der Waals surface area contributed by atoms with E-state index >= 15 is 0 Å². The molecule has 2 aromatic rings. The van der Waals surface area contributed by atoms with Crippen LogP contribution in [0.25, 0.3) is 0 Å². The Bertz CT molecular complexity index is 644. The molecule has 0 aliphatic carbocycles. The molecule has 0 unspecified atom stereocenters. The summed E-state index contributed by atoms with van der Waals surface area (Å²) in [5, 5.41) is 11.3. The third-order valence-electron chi connectivity index (χ3n) is 2.72. The number of nitrogens with two attached hydrogens (primary N) is 1. The smallest absolute Gasteiger partial charge is 0.275 e. The summed E-state index contributed by atoms with van der Waals surface area (Å²) in [6.45, 7) is 4.06. The molecule has 98 valence electrons. The normalized spacial score (nSPS) is 10.4. The summed E-state index contributed by atoms with van der Waals surface area (Å²) < 4.78 is 0. The molecule has 1 aromatic carbocycles. The highest BCUT2D eigenvalue weighted by Crippen LogP contribution is 2.30. The fourth-order valence-corrected chi connectivity index (χ4v) is 2.51. The Labute approximate surface area is 115 Å². The molecule has 0 amide bonds. The first-order valence-corrected chi connectivity index (χ1v) is 6.44. The van der Waals surface area contributed by atoms with Crippen LogP contribution in [-0.4, -0.2) is 9.91 Å². The van der Waals surface area contributed by atoms with E-state index in [4.69, 9.17) is 5.73 Å². The van der Waals surface area contributed by atoms with E-state index < -0.39 is 4.92 Å². The van der Waals surface area contributed by atoms with Gasteiger partial charge in [-0.25, -0.2) is 4.98 Å². The van der Waals surface area contributed by atoms with E-state index in [1.54, 1.807) is 0 Å². The quantitative estimate of drug-likeness (QED) is 0.686. The topological polar surface area (TPSA) is 82.0 Å². The lowest BCUT2D eigenvalue weighted by Crippen LogP contribution is -1.95. The van der Waals surface area contributed by atoms with Crippen molar-refractivity contribution in [3.8, 4) is 0 Å². The number of aryl methyl sites for hydroxylation is 2. The van der Waals surface area contributed by atoms with Crippen LogP contribution in [0.4, 0.5) is 11.5 Å². The minimum atomic E-state index is -0.470. The van der Waals surface area contributed by atoms with Gasteiger partial charge in [0, 0.05) is 11.0 Å². The molecule has 0 fully saturated rings. The van der Waals surface area contributed by atoms with Gasteiger partial charge in [-0.3, -0.25) is 10.1 Å². The molecule has 5 nitrogen and oxygen atoms in total. The Morgan fingerprint density at radius 3 is 2.58 bits per heavy atom. The standard InChI is InChI=1S/C13H13N3O2S/c1-8-3-4-11(5-9(8)2)19-13-7-10(16(17)18)6-12(14)15-13/h3-7H,1-2H3,(H2,14,15). The minimum absolute atomic E-state index is 0.0427. The van der Waals surface area contributed by atoms with Gasteiger partial charge in [0.25, 0.3) is 5.69 Å². The molecule has 0 aliphatic rings. The number of pyridine rings is 1. The van der Waals surface area contributed by atoms with Crippen molar-refractivity contribution in [2.24, 2.45) is 0 Å². The van der Waals surface area contributed by atoms with E-state index in [9.17, 15) is 10.1 Å². The Hall–Kier alpha value is -2.08. The van der Waals surface area contributed by atoms with Crippen molar-refractivity contribution >= 4 is 23.3 Å². The zero-order valence-corrected chi connectivity index (χ0v) is 11.4. The summed E-state index contributed by atoms with van der Waals surface area (Å²) in [7, 11) is 0. The molecule has 0 atom stereocenters. The highest BCUT2D eigenvalue weighted by Gasteiger charge is 2.11. The van der Waals surface area contributed by atoms with Gasteiger partial charge >= 0.3 is 0 Å². The second-order valence-corrected chi connectivity index (χ2v) is 5.29. The van der Waals surface area contributed by atoms with Crippen LogP contribution in [0.5, 0.6) is 0 Å². The molecule has 2 N–H and O–H groups in total. The summed E-state index contributed by atoms with van der Waals surface area (Å²) in [5.74, 6) is 0.153. The SMILES string of the molecule is Cc1ccc(Sc2cc([N+](=O)[O-])cc(N)n2)cc1C. The van der Waals surface area contributed by atoms with Crippen LogP contribution < -0.4 is 5.73 Å². The van der Waals surface area contributed by atoms with Crippen molar-refractivity contribution in [3.63, 3.8) is 0 Å². The lowest BCUT2D eigenvalue weighted by Gasteiger charge is -2.05. The van der Waals surface area contributed by atoms with Gasteiger partial charge in [-0.2, -0.15) is 0 Å². The zero-order valence-electron chi connectivity index (χ0n) is 10.6. The highest BCUT2D eigenvalue weighted by atomic mass is 32.2. The van der Waals surface area contributed by atoms with Gasteiger partial charge in [-0.1, -0.05) is 17.8 Å². The summed E-state index contributed by atoms with van der Waals surface area (Å²) in [6, 6.07) is 8.68. The number of rotatable bonds is 3. The lowest BCUT2D eigenvalue weighted by molar-refractivity contribution is -0.385. The van der Waals surface area contributed by atoms with E-state index in [0.717, 1.165) is 4.90 Å². The molecule has 2 rings (SSSR count). The number of nitrogen functional groups attached to an aromatic ring is 1. The van der Waals surface area contributed by atoms with Crippen molar-refractivity contribution < 1.29 is 4.92 Å². The van der Waals surface area contributed by atoms with Crippen LogP contribution in [0, 0.1) is 24.0 Å². The summed E-state index contributed by atoms with van der Waals surface area (Å²) in [5.41, 5.74) is 7.91. The van der Waals surface area contributed by atoms with Crippen molar-refractivity contribution in [2.45, 2.75) is 23.8 Å². The number of hydrogen-bond acceptors (Lipinski definition) is 5. The van der Waals surface area contributed by atoms with E-state index in [-0.39, 0.29) is 11.5 Å². The molecule has 0 aliphatic heterocycles.